The van der Waals surface area contributed by atoms with Crippen LogP contribution in [0.1, 0.15) is 20.7 Å². The van der Waals surface area contributed by atoms with E-state index in [4.69, 9.17) is 28.9 Å². The van der Waals surface area contributed by atoms with Crippen LogP contribution >= 0.6 is 23.2 Å². The first-order valence-electron chi connectivity index (χ1n) is 6.00. The van der Waals surface area contributed by atoms with Crippen LogP contribution in [0.5, 0.6) is 0 Å². The normalized spacial score (nSPS) is 10.4. The number of carbonyl (C=O) groups is 2. The maximum absolute atomic E-state index is 13.5. The molecule has 1 aromatic carbocycles. The Morgan fingerprint density at radius 1 is 1.18 bits per heavy atom. The molecule has 0 saturated carbocycles. The van der Waals surface area contributed by atoms with Gasteiger partial charge in [-0.3, -0.25) is 9.59 Å². The van der Waals surface area contributed by atoms with Crippen molar-refractivity contribution in [2.75, 3.05) is 11.9 Å². The van der Waals surface area contributed by atoms with Gasteiger partial charge < -0.3 is 10.6 Å². The summed E-state index contributed by atoms with van der Waals surface area (Å²) in [5.41, 5.74) is 5.80. The SMILES string of the molecule is CN(C(=O)c1cc(F)c(Cl)nc1Cl)c1ccc(C(N)=O)cc1. The number of pyridine rings is 1. The van der Waals surface area contributed by atoms with E-state index >= 15 is 0 Å². The summed E-state index contributed by atoms with van der Waals surface area (Å²) in [5, 5.41) is -0.605. The van der Waals surface area contributed by atoms with Gasteiger partial charge in [-0.1, -0.05) is 23.2 Å². The topological polar surface area (TPSA) is 76.3 Å². The van der Waals surface area contributed by atoms with Crippen molar-refractivity contribution in [3.05, 3.63) is 57.6 Å². The second-order valence-corrected chi connectivity index (χ2v) is 5.09. The molecule has 0 saturated heterocycles. The average Bonchev–Trinajstić information content (AvgIpc) is 2.49. The first kappa shape index (κ1) is 16.2. The minimum absolute atomic E-state index is 0.120. The molecule has 0 aliphatic heterocycles. The van der Waals surface area contributed by atoms with Gasteiger partial charge in [-0.05, 0) is 30.3 Å². The lowest BCUT2D eigenvalue weighted by Crippen LogP contribution is -2.27. The number of rotatable bonds is 3. The first-order chi connectivity index (χ1) is 10.3. The van der Waals surface area contributed by atoms with Crippen LogP contribution < -0.4 is 10.6 Å². The summed E-state index contributed by atoms with van der Waals surface area (Å²) in [7, 11) is 1.48. The highest BCUT2D eigenvalue weighted by atomic mass is 35.5. The van der Waals surface area contributed by atoms with E-state index in [2.05, 4.69) is 4.98 Å². The zero-order chi connectivity index (χ0) is 16.4. The van der Waals surface area contributed by atoms with Gasteiger partial charge in [0.15, 0.2) is 11.0 Å². The quantitative estimate of drug-likeness (QED) is 0.872. The zero-order valence-electron chi connectivity index (χ0n) is 11.3. The third kappa shape index (κ3) is 3.18. The minimum atomic E-state index is -0.841. The molecule has 0 unspecified atom stereocenters. The Morgan fingerprint density at radius 3 is 2.32 bits per heavy atom. The summed E-state index contributed by atoms with van der Waals surface area (Å²) in [5.74, 6) is -1.99. The zero-order valence-corrected chi connectivity index (χ0v) is 12.8. The number of carbonyl (C=O) groups excluding carboxylic acids is 2. The summed E-state index contributed by atoms with van der Waals surface area (Å²) in [6.45, 7) is 0. The Labute approximate surface area is 135 Å². The maximum Gasteiger partial charge on any atom is 0.261 e. The van der Waals surface area contributed by atoms with Crippen molar-refractivity contribution in [3.63, 3.8) is 0 Å². The molecular formula is C14H10Cl2FN3O2. The second-order valence-electron chi connectivity index (χ2n) is 4.37. The van der Waals surface area contributed by atoms with Gasteiger partial charge in [0.2, 0.25) is 5.91 Å². The molecule has 0 aliphatic carbocycles. The van der Waals surface area contributed by atoms with Gasteiger partial charge in [0, 0.05) is 18.3 Å². The van der Waals surface area contributed by atoms with Crippen LogP contribution in [0, 0.1) is 5.82 Å². The molecule has 114 valence electrons. The lowest BCUT2D eigenvalue weighted by atomic mass is 10.1. The third-order valence-electron chi connectivity index (χ3n) is 2.96. The minimum Gasteiger partial charge on any atom is -0.366 e. The molecule has 0 spiro atoms. The highest BCUT2D eigenvalue weighted by molar-refractivity contribution is 6.35. The molecule has 0 radical (unpaired) electrons. The van der Waals surface area contributed by atoms with Crippen molar-refractivity contribution in [2.45, 2.75) is 0 Å². The number of nitrogens with zero attached hydrogens (tertiary/aromatic N) is 2. The number of aromatic nitrogens is 1. The molecule has 2 amide bonds. The van der Waals surface area contributed by atoms with Crippen LogP contribution in [0.15, 0.2) is 30.3 Å². The molecule has 2 aromatic rings. The van der Waals surface area contributed by atoms with Crippen molar-refractivity contribution in [3.8, 4) is 0 Å². The molecule has 1 aromatic heterocycles. The summed E-state index contributed by atoms with van der Waals surface area (Å²) in [4.78, 5) is 28.2. The van der Waals surface area contributed by atoms with E-state index in [1.54, 1.807) is 0 Å². The van der Waals surface area contributed by atoms with Gasteiger partial charge in [0.05, 0.1) is 5.56 Å². The van der Waals surface area contributed by atoms with Gasteiger partial charge in [0.25, 0.3) is 5.91 Å². The highest BCUT2D eigenvalue weighted by Gasteiger charge is 2.20. The van der Waals surface area contributed by atoms with E-state index in [1.807, 2.05) is 0 Å². The van der Waals surface area contributed by atoms with E-state index in [-0.39, 0.29) is 10.7 Å². The second kappa shape index (κ2) is 6.29. The summed E-state index contributed by atoms with van der Waals surface area (Å²) < 4.78 is 13.5. The maximum atomic E-state index is 13.5. The van der Waals surface area contributed by atoms with Crippen LogP contribution in [0.3, 0.4) is 0 Å². The van der Waals surface area contributed by atoms with Gasteiger partial charge in [-0.15, -0.1) is 0 Å². The summed E-state index contributed by atoms with van der Waals surface area (Å²) >= 11 is 11.3. The Morgan fingerprint density at radius 2 is 1.77 bits per heavy atom. The van der Waals surface area contributed by atoms with Gasteiger partial charge >= 0.3 is 0 Å². The average molecular weight is 342 g/mol. The fourth-order valence-electron chi connectivity index (χ4n) is 1.74. The van der Waals surface area contributed by atoms with Gasteiger partial charge in [0.1, 0.15) is 5.15 Å². The molecule has 0 aliphatic rings. The van der Waals surface area contributed by atoms with E-state index in [9.17, 15) is 14.0 Å². The van der Waals surface area contributed by atoms with Crippen molar-refractivity contribution in [1.82, 2.24) is 4.98 Å². The molecule has 0 bridgehead atoms. The molecule has 8 heteroatoms. The molecule has 0 atom stereocenters. The molecule has 2 N–H and O–H groups in total. The van der Waals surface area contributed by atoms with Crippen LogP contribution in [-0.4, -0.2) is 23.8 Å². The van der Waals surface area contributed by atoms with Crippen LogP contribution in [0.2, 0.25) is 10.3 Å². The number of primary amides is 1. The van der Waals surface area contributed by atoms with Crippen LogP contribution in [-0.2, 0) is 0 Å². The van der Waals surface area contributed by atoms with Crippen molar-refractivity contribution in [1.29, 1.82) is 0 Å². The Bertz CT molecular complexity index is 750. The Balaban J connectivity index is 2.33. The summed E-state index contributed by atoms with van der Waals surface area (Å²) in [6, 6.07) is 6.94. The fourth-order valence-corrected chi connectivity index (χ4v) is 2.15. The number of hydrogen-bond acceptors (Lipinski definition) is 3. The van der Waals surface area contributed by atoms with E-state index < -0.39 is 22.8 Å². The van der Waals surface area contributed by atoms with Crippen molar-refractivity contribution in [2.24, 2.45) is 5.73 Å². The van der Waals surface area contributed by atoms with E-state index in [0.29, 0.717) is 11.3 Å². The van der Waals surface area contributed by atoms with Gasteiger partial charge in [-0.2, -0.15) is 0 Å². The standard InChI is InChI=1S/C14H10Cl2FN3O2/c1-20(8-4-2-7(3-5-8)13(18)21)14(22)9-6-10(17)12(16)19-11(9)15/h2-6H,1H3,(H2,18,21). The number of amides is 2. The lowest BCUT2D eigenvalue weighted by Gasteiger charge is -2.18. The van der Waals surface area contributed by atoms with Crippen molar-refractivity contribution >= 4 is 40.7 Å². The Kier molecular flexibility index (Phi) is 4.63. The summed E-state index contributed by atoms with van der Waals surface area (Å²) in [6.07, 6.45) is 0. The van der Waals surface area contributed by atoms with Gasteiger partial charge in [-0.25, -0.2) is 9.37 Å². The molecule has 2 rings (SSSR count). The predicted octanol–water partition coefficient (Wildman–Crippen LogP) is 2.90. The Hall–Kier alpha value is -2.18. The van der Waals surface area contributed by atoms with Crippen molar-refractivity contribution < 1.29 is 14.0 Å². The van der Waals surface area contributed by atoms with E-state index in [1.165, 1.54) is 36.2 Å². The van der Waals surface area contributed by atoms with Crippen LogP contribution in [0.25, 0.3) is 0 Å². The predicted molar refractivity (Wildman–Crippen MR) is 81.9 cm³/mol. The molecule has 1 heterocycles. The van der Waals surface area contributed by atoms with E-state index in [0.717, 1.165) is 6.07 Å². The fraction of sp³-hybridized carbons (Fsp3) is 0.0714. The smallest absolute Gasteiger partial charge is 0.261 e. The highest BCUT2D eigenvalue weighted by Crippen LogP contribution is 2.23. The third-order valence-corrected chi connectivity index (χ3v) is 3.51. The molecular weight excluding hydrogens is 332 g/mol. The number of halogens is 3. The number of anilines is 1. The molecule has 5 nitrogen and oxygen atoms in total. The number of hydrogen-bond donors (Lipinski definition) is 1. The number of nitrogens with two attached hydrogens (primary N) is 1. The largest absolute Gasteiger partial charge is 0.366 e. The molecule has 0 fully saturated rings. The van der Waals surface area contributed by atoms with Crippen LogP contribution in [0.4, 0.5) is 10.1 Å². The first-order valence-corrected chi connectivity index (χ1v) is 6.76. The number of benzene rings is 1. The lowest BCUT2D eigenvalue weighted by molar-refractivity contribution is 0.0988. The molecule has 22 heavy (non-hydrogen) atoms. The monoisotopic (exact) mass is 341 g/mol.